The van der Waals surface area contributed by atoms with Crippen molar-refractivity contribution in [1.29, 1.82) is 0 Å². The standard InChI is InChI=1S/C17H15F3N2O2S3/c1-2-14-10-26-16(22-14)12-7-15(25-9-12)27(23,24)21-8-11-3-5-13(6-4-11)17(18,19)20/h3-7,9-10,21H,2,8H2,1H3. The van der Waals surface area contributed by atoms with Gasteiger partial charge in [-0.05, 0) is 30.2 Å². The Morgan fingerprint density at radius 3 is 2.41 bits per heavy atom. The van der Waals surface area contributed by atoms with Crippen LogP contribution in [0, 0.1) is 0 Å². The Morgan fingerprint density at radius 2 is 1.81 bits per heavy atom. The van der Waals surface area contributed by atoms with Gasteiger partial charge in [0, 0.05) is 22.9 Å². The van der Waals surface area contributed by atoms with E-state index in [9.17, 15) is 21.6 Å². The fourth-order valence-electron chi connectivity index (χ4n) is 2.23. The second-order valence-corrected chi connectivity index (χ2v) is 9.43. The van der Waals surface area contributed by atoms with E-state index in [1.165, 1.54) is 23.5 Å². The third kappa shape index (κ3) is 4.75. The first-order valence-corrected chi connectivity index (χ1v) is 11.1. The van der Waals surface area contributed by atoms with E-state index in [0.717, 1.165) is 46.2 Å². The SMILES string of the molecule is CCc1csc(-c2csc(S(=O)(=O)NCc3ccc(C(F)(F)F)cc3)c2)n1. The summed E-state index contributed by atoms with van der Waals surface area (Å²) < 4.78 is 65.1. The quantitative estimate of drug-likeness (QED) is 0.601. The molecule has 2 aromatic heterocycles. The number of nitrogens with one attached hydrogen (secondary N) is 1. The molecule has 3 rings (SSSR count). The Labute approximate surface area is 162 Å². The van der Waals surface area contributed by atoms with Crippen molar-refractivity contribution in [3.8, 4) is 10.6 Å². The van der Waals surface area contributed by atoms with E-state index < -0.39 is 21.8 Å². The van der Waals surface area contributed by atoms with Gasteiger partial charge >= 0.3 is 6.18 Å². The highest BCUT2D eigenvalue weighted by Gasteiger charge is 2.30. The first-order chi connectivity index (χ1) is 12.7. The van der Waals surface area contributed by atoms with Crippen LogP contribution in [0.1, 0.15) is 23.7 Å². The third-order valence-corrected chi connectivity index (χ3v) is 7.53. The van der Waals surface area contributed by atoms with Crippen molar-refractivity contribution in [1.82, 2.24) is 9.71 Å². The number of thiazole rings is 1. The number of benzene rings is 1. The first kappa shape index (κ1) is 20.0. The Balaban J connectivity index is 1.70. The summed E-state index contributed by atoms with van der Waals surface area (Å²) >= 11 is 2.53. The van der Waals surface area contributed by atoms with Crippen LogP contribution in [0.4, 0.5) is 13.2 Å². The summed E-state index contributed by atoms with van der Waals surface area (Å²) in [5.74, 6) is 0. The lowest BCUT2D eigenvalue weighted by Crippen LogP contribution is -2.22. The van der Waals surface area contributed by atoms with Crippen molar-refractivity contribution in [2.24, 2.45) is 0 Å². The van der Waals surface area contributed by atoms with Gasteiger partial charge in [-0.3, -0.25) is 0 Å². The van der Waals surface area contributed by atoms with Crippen molar-refractivity contribution in [3.05, 3.63) is 57.9 Å². The molecule has 0 aliphatic carbocycles. The minimum atomic E-state index is -4.42. The molecule has 10 heteroatoms. The number of hydrogen-bond acceptors (Lipinski definition) is 5. The van der Waals surface area contributed by atoms with Crippen LogP contribution in [0.25, 0.3) is 10.6 Å². The zero-order valence-corrected chi connectivity index (χ0v) is 16.5. The average molecular weight is 433 g/mol. The van der Waals surface area contributed by atoms with E-state index in [2.05, 4.69) is 9.71 Å². The fourth-order valence-corrected chi connectivity index (χ4v) is 5.42. The summed E-state index contributed by atoms with van der Waals surface area (Å²) in [4.78, 5) is 4.43. The van der Waals surface area contributed by atoms with Gasteiger partial charge in [0.2, 0.25) is 10.0 Å². The molecule has 4 nitrogen and oxygen atoms in total. The average Bonchev–Trinajstić information content (AvgIpc) is 3.29. The molecule has 0 unspecified atom stereocenters. The minimum absolute atomic E-state index is 0.0923. The summed E-state index contributed by atoms with van der Waals surface area (Å²) in [6.45, 7) is 1.90. The van der Waals surface area contributed by atoms with E-state index in [0.29, 0.717) is 5.56 Å². The second-order valence-electron chi connectivity index (χ2n) is 5.67. The number of hydrogen-bond donors (Lipinski definition) is 1. The lowest BCUT2D eigenvalue weighted by atomic mass is 10.1. The smallest absolute Gasteiger partial charge is 0.241 e. The zero-order chi connectivity index (χ0) is 19.7. The minimum Gasteiger partial charge on any atom is -0.241 e. The molecule has 0 saturated heterocycles. The number of rotatable bonds is 6. The maximum absolute atomic E-state index is 12.6. The van der Waals surface area contributed by atoms with E-state index in [4.69, 9.17) is 0 Å². The molecule has 1 N–H and O–H groups in total. The number of aromatic nitrogens is 1. The predicted molar refractivity (Wildman–Crippen MR) is 100 cm³/mol. The largest absolute Gasteiger partial charge is 0.416 e. The summed E-state index contributed by atoms with van der Waals surface area (Å²) in [6, 6.07) is 5.93. The van der Waals surface area contributed by atoms with Crippen LogP contribution in [0.5, 0.6) is 0 Å². The van der Waals surface area contributed by atoms with Gasteiger partial charge in [-0.15, -0.1) is 22.7 Å². The Hall–Kier alpha value is -1.75. The van der Waals surface area contributed by atoms with Crippen molar-refractivity contribution in [2.75, 3.05) is 0 Å². The molecule has 1 aromatic carbocycles. The van der Waals surface area contributed by atoms with Gasteiger partial charge in [-0.2, -0.15) is 13.2 Å². The van der Waals surface area contributed by atoms with Crippen LogP contribution in [-0.4, -0.2) is 13.4 Å². The van der Waals surface area contributed by atoms with Crippen LogP contribution < -0.4 is 4.72 Å². The highest BCUT2D eigenvalue weighted by Crippen LogP contribution is 2.31. The van der Waals surface area contributed by atoms with Crippen LogP contribution >= 0.6 is 22.7 Å². The van der Waals surface area contributed by atoms with Crippen LogP contribution in [0.3, 0.4) is 0 Å². The normalized spacial score (nSPS) is 12.4. The molecule has 0 bridgehead atoms. The van der Waals surface area contributed by atoms with Crippen LogP contribution in [0.15, 0.2) is 45.3 Å². The predicted octanol–water partition coefficient (Wildman–Crippen LogP) is 4.93. The van der Waals surface area contributed by atoms with E-state index in [1.54, 1.807) is 11.4 Å². The molecule has 0 radical (unpaired) electrons. The highest BCUT2D eigenvalue weighted by atomic mass is 32.2. The molecular formula is C17H15F3N2O2S3. The highest BCUT2D eigenvalue weighted by molar-refractivity contribution is 7.91. The van der Waals surface area contributed by atoms with Gasteiger partial charge in [0.1, 0.15) is 9.22 Å². The lowest BCUT2D eigenvalue weighted by molar-refractivity contribution is -0.137. The molecular weight excluding hydrogens is 417 g/mol. The molecule has 0 fully saturated rings. The lowest BCUT2D eigenvalue weighted by Gasteiger charge is -2.08. The van der Waals surface area contributed by atoms with Crippen molar-refractivity contribution in [3.63, 3.8) is 0 Å². The van der Waals surface area contributed by atoms with Crippen molar-refractivity contribution < 1.29 is 21.6 Å². The molecule has 0 atom stereocenters. The van der Waals surface area contributed by atoms with E-state index in [-0.39, 0.29) is 10.8 Å². The Kier molecular flexibility index (Phi) is 5.71. The maximum Gasteiger partial charge on any atom is 0.416 e. The van der Waals surface area contributed by atoms with Gasteiger partial charge in [0.15, 0.2) is 0 Å². The molecule has 0 saturated carbocycles. The van der Waals surface area contributed by atoms with Gasteiger partial charge in [0.25, 0.3) is 0 Å². The van der Waals surface area contributed by atoms with Gasteiger partial charge in [-0.1, -0.05) is 19.1 Å². The molecule has 3 aromatic rings. The van der Waals surface area contributed by atoms with Crippen molar-refractivity contribution in [2.45, 2.75) is 30.3 Å². The molecule has 0 spiro atoms. The van der Waals surface area contributed by atoms with Crippen LogP contribution in [0.2, 0.25) is 0 Å². The van der Waals surface area contributed by atoms with E-state index >= 15 is 0 Å². The Morgan fingerprint density at radius 1 is 1.11 bits per heavy atom. The third-order valence-electron chi connectivity index (χ3n) is 3.75. The van der Waals surface area contributed by atoms with Crippen molar-refractivity contribution >= 4 is 32.7 Å². The molecule has 0 aliphatic heterocycles. The molecule has 0 aliphatic rings. The Bertz CT molecular complexity index is 1020. The summed E-state index contributed by atoms with van der Waals surface area (Å²) in [6.07, 6.45) is -3.61. The number of halogens is 3. The molecule has 0 amide bonds. The zero-order valence-electron chi connectivity index (χ0n) is 14.1. The van der Waals surface area contributed by atoms with Gasteiger partial charge in [-0.25, -0.2) is 18.1 Å². The van der Waals surface area contributed by atoms with Crippen LogP contribution in [-0.2, 0) is 29.2 Å². The fraction of sp³-hybridized carbons (Fsp3) is 0.235. The second kappa shape index (κ2) is 7.70. The van der Waals surface area contributed by atoms with E-state index in [1.807, 2.05) is 12.3 Å². The van der Waals surface area contributed by atoms with Gasteiger partial charge in [0.05, 0.1) is 11.3 Å². The monoisotopic (exact) mass is 432 g/mol. The molecule has 27 heavy (non-hydrogen) atoms. The number of aryl methyl sites for hydroxylation is 1. The number of thiophene rings is 1. The molecule has 144 valence electrons. The topological polar surface area (TPSA) is 59.1 Å². The summed E-state index contributed by atoms with van der Waals surface area (Å²) in [5.41, 5.74) is 1.36. The summed E-state index contributed by atoms with van der Waals surface area (Å²) in [7, 11) is -3.76. The summed E-state index contributed by atoms with van der Waals surface area (Å²) in [5, 5.41) is 4.42. The number of nitrogens with zero attached hydrogens (tertiary/aromatic N) is 1. The first-order valence-electron chi connectivity index (χ1n) is 7.88. The van der Waals surface area contributed by atoms with Gasteiger partial charge < -0.3 is 0 Å². The molecule has 2 heterocycles. The maximum atomic E-state index is 12.6. The number of sulfonamides is 1. The number of alkyl halides is 3.